The van der Waals surface area contributed by atoms with E-state index in [1.807, 2.05) is 41.8 Å². The van der Waals surface area contributed by atoms with Gasteiger partial charge in [-0.3, -0.25) is 4.79 Å². The number of carbonyl (C=O) groups excluding carboxylic acids is 1. The molecule has 0 aliphatic rings. The van der Waals surface area contributed by atoms with Crippen LogP contribution in [0.2, 0.25) is 0 Å². The molecule has 0 aliphatic heterocycles. The monoisotopic (exact) mass is 415 g/mol. The molecule has 0 fully saturated rings. The summed E-state index contributed by atoms with van der Waals surface area (Å²) in [7, 11) is -1.80. The Morgan fingerprint density at radius 1 is 1.04 bits per heavy atom. The summed E-state index contributed by atoms with van der Waals surface area (Å²) in [5.74, 6) is 0.473. The molecule has 0 bridgehead atoms. The molecule has 28 heavy (non-hydrogen) atoms. The van der Waals surface area contributed by atoms with Gasteiger partial charge in [0.15, 0.2) is 9.84 Å². The summed E-state index contributed by atoms with van der Waals surface area (Å²) in [6, 6.07) is 17.6. The predicted octanol–water partition coefficient (Wildman–Crippen LogP) is 4.00. The van der Waals surface area contributed by atoms with Crippen molar-refractivity contribution in [2.75, 3.05) is 13.4 Å². The molecular weight excluding hydrogens is 394 g/mol. The van der Waals surface area contributed by atoms with Crippen molar-refractivity contribution in [1.29, 1.82) is 0 Å². The average molecular weight is 416 g/mol. The van der Waals surface area contributed by atoms with Crippen molar-refractivity contribution in [2.45, 2.75) is 18.0 Å². The maximum atomic E-state index is 13.2. The normalized spacial score (nSPS) is 11.2. The van der Waals surface area contributed by atoms with Crippen LogP contribution in [0, 0.1) is 0 Å². The van der Waals surface area contributed by atoms with E-state index < -0.39 is 9.84 Å². The number of ether oxygens (including phenoxy) is 1. The predicted molar refractivity (Wildman–Crippen MR) is 110 cm³/mol. The molecule has 0 spiro atoms. The lowest BCUT2D eigenvalue weighted by molar-refractivity contribution is 0.0730. The molecule has 0 aliphatic carbocycles. The Morgan fingerprint density at radius 2 is 1.82 bits per heavy atom. The van der Waals surface area contributed by atoms with Crippen molar-refractivity contribution in [1.82, 2.24) is 4.90 Å². The van der Waals surface area contributed by atoms with Crippen LogP contribution in [-0.4, -0.2) is 32.6 Å². The summed E-state index contributed by atoms with van der Waals surface area (Å²) in [6.07, 6.45) is 1.13. The summed E-state index contributed by atoms with van der Waals surface area (Å²) >= 11 is 1.57. The zero-order valence-electron chi connectivity index (χ0n) is 15.7. The van der Waals surface area contributed by atoms with Crippen molar-refractivity contribution in [3.63, 3.8) is 0 Å². The first kappa shape index (κ1) is 20.1. The highest BCUT2D eigenvalue weighted by Crippen LogP contribution is 2.23. The summed E-state index contributed by atoms with van der Waals surface area (Å²) in [4.78, 5) is 16.1. The third kappa shape index (κ3) is 4.79. The average Bonchev–Trinajstić information content (AvgIpc) is 3.20. The number of nitrogens with zero attached hydrogens (tertiary/aromatic N) is 1. The third-order valence-electron chi connectivity index (χ3n) is 4.28. The molecule has 2 aromatic carbocycles. The van der Waals surface area contributed by atoms with E-state index in [0.717, 1.165) is 16.7 Å². The quantitative estimate of drug-likeness (QED) is 0.585. The fourth-order valence-corrected chi connectivity index (χ4v) is 4.26. The first-order valence-corrected chi connectivity index (χ1v) is 11.4. The Hall–Kier alpha value is -2.64. The van der Waals surface area contributed by atoms with E-state index in [4.69, 9.17) is 4.74 Å². The fourth-order valence-electron chi connectivity index (χ4n) is 2.87. The molecule has 1 heterocycles. The van der Waals surface area contributed by atoms with E-state index in [-0.39, 0.29) is 10.8 Å². The number of sulfone groups is 1. The van der Waals surface area contributed by atoms with E-state index in [1.165, 1.54) is 12.1 Å². The molecule has 0 unspecified atom stereocenters. The summed E-state index contributed by atoms with van der Waals surface area (Å²) in [5.41, 5.74) is 1.23. The van der Waals surface area contributed by atoms with E-state index in [9.17, 15) is 13.2 Å². The van der Waals surface area contributed by atoms with Crippen molar-refractivity contribution in [2.24, 2.45) is 0 Å². The van der Waals surface area contributed by atoms with Crippen LogP contribution in [0.1, 0.15) is 20.8 Å². The van der Waals surface area contributed by atoms with Gasteiger partial charge in [0.2, 0.25) is 0 Å². The lowest BCUT2D eigenvalue weighted by Crippen LogP contribution is -2.30. The van der Waals surface area contributed by atoms with Crippen molar-refractivity contribution >= 4 is 27.1 Å². The van der Waals surface area contributed by atoms with Gasteiger partial charge in [0.1, 0.15) is 5.75 Å². The van der Waals surface area contributed by atoms with Gasteiger partial charge in [0, 0.05) is 22.3 Å². The van der Waals surface area contributed by atoms with Gasteiger partial charge in [0.25, 0.3) is 5.91 Å². The minimum atomic E-state index is -3.39. The second-order valence-electron chi connectivity index (χ2n) is 6.35. The number of para-hydroxylation sites is 1. The largest absolute Gasteiger partial charge is 0.496 e. The first-order chi connectivity index (χ1) is 13.4. The molecule has 3 rings (SSSR count). The van der Waals surface area contributed by atoms with E-state index >= 15 is 0 Å². The van der Waals surface area contributed by atoms with Crippen molar-refractivity contribution in [3.8, 4) is 5.75 Å². The van der Waals surface area contributed by atoms with E-state index in [2.05, 4.69) is 0 Å². The zero-order valence-corrected chi connectivity index (χ0v) is 17.3. The van der Waals surface area contributed by atoms with Gasteiger partial charge in [-0.15, -0.1) is 11.3 Å². The molecule has 0 radical (unpaired) electrons. The number of methoxy groups -OCH3 is 1. The minimum absolute atomic E-state index is 0.131. The van der Waals surface area contributed by atoms with Crippen LogP contribution in [-0.2, 0) is 22.9 Å². The number of amides is 1. The lowest BCUT2D eigenvalue weighted by atomic mass is 10.1. The molecule has 0 saturated heterocycles. The Labute approximate surface area is 169 Å². The number of hydrogen-bond donors (Lipinski definition) is 0. The fraction of sp³-hybridized carbons (Fsp3) is 0.190. The van der Waals surface area contributed by atoms with Gasteiger partial charge in [-0.25, -0.2) is 8.42 Å². The molecule has 7 heteroatoms. The second-order valence-corrected chi connectivity index (χ2v) is 9.40. The zero-order chi connectivity index (χ0) is 20.1. The Kier molecular flexibility index (Phi) is 6.16. The number of thiophene rings is 1. The highest BCUT2D eigenvalue weighted by atomic mass is 32.2. The van der Waals surface area contributed by atoms with Gasteiger partial charge in [-0.05, 0) is 35.7 Å². The maximum absolute atomic E-state index is 13.2. The highest BCUT2D eigenvalue weighted by molar-refractivity contribution is 7.90. The first-order valence-electron chi connectivity index (χ1n) is 8.62. The van der Waals surface area contributed by atoms with Gasteiger partial charge in [-0.2, -0.15) is 0 Å². The van der Waals surface area contributed by atoms with Gasteiger partial charge < -0.3 is 9.64 Å². The summed E-state index contributed by atoms with van der Waals surface area (Å²) < 4.78 is 29.2. The van der Waals surface area contributed by atoms with Crippen LogP contribution in [0.4, 0.5) is 0 Å². The van der Waals surface area contributed by atoms with Crippen LogP contribution in [0.5, 0.6) is 5.75 Å². The molecule has 1 amide bonds. The van der Waals surface area contributed by atoms with Crippen molar-refractivity contribution in [3.05, 3.63) is 82.0 Å². The number of rotatable bonds is 7. The Balaban J connectivity index is 1.95. The number of benzene rings is 2. The van der Waals surface area contributed by atoms with E-state index in [0.29, 0.717) is 24.4 Å². The number of hydrogen-bond acceptors (Lipinski definition) is 5. The van der Waals surface area contributed by atoms with Gasteiger partial charge in [0.05, 0.1) is 25.1 Å². The highest BCUT2D eigenvalue weighted by Gasteiger charge is 2.20. The molecular formula is C21H21NO4S2. The third-order valence-corrected chi connectivity index (χ3v) is 6.25. The Morgan fingerprint density at radius 3 is 2.50 bits per heavy atom. The summed E-state index contributed by atoms with van der Waals surface area (Å²) in [5, 5.41) is 1.96. The molecule has 3 aromatic rings. The maximum Gasteiger partial charge on any atom is 0.254 e. The molecule has 0 atom stereocenters. The lowest BCUT2D eigenvalue weighted by Gasteiger charge is -2.23. The standard InChI is InChI=1S/C21H21NO4S2/c1-26-20-11-4-3-7-17(20)14-22(15-18-9-6-12-27-18)21(23)16-8-5-10-19(13-16)28(2,24)25/h3-13H,14-15H2,1-2H3. The smallest absolute Gasteiger partial charge is 0.254 e. The Bertz CT molecular complexity index is 1060. The number of carbonyl (C=O) groups is 1. The second kappa shape index (κ2) is 8.58. The van der Waals surface area contributed by atoms with Crippen LogP contribution >= 0.6 is 11.3 Å². The molecule has 0 N–H and O–H groups in total. The summed E-state index contributed by atoms with van der Waals surface area (Å²) in [6.45, 7) is 0.779. The van der Waals surface area contributed by atoms with Crippen LogP contribution in [0.25, 0.3) is 0 Å². The minimum Gasteiger partial charge on any atom is -0.496 e. The van der Waals surface area contributed by atoms with E-state index in [1.54, 1.807) is 35.5 Å². The van der Waals surface area contributed by atoms with Crippen molar-refractivity contribution < 1.29 is 17.9 Å². The van der Waals surface area contributed by atoms with Crippen LogP contribution in [0.15, 0.2) is 70.9 Å². The van der Waals surface area contributed by atoms with Gasteiger partial charge >= 0.3 is 0 Å². The molecule has 146 valence electrons. The van der Waals surface area contributed by atoms with Crippen LogP contribution in [0.3, 0.4) is 0 Å². The SMILES string of the molecule is COc1ccccc1CN(Cc1cccs1)C(=O)c1cccc(S(C)(=O)=O)c1. The molecule has 1 aromatic heterocycles. The van der Waals surface area contributed by atoms with Crippen LogP contribution < -0.4 is 4.74 Å². The molecule has 0 saturated carbocycles. The molecule has 5 nitrogen and oxygen atoms in total. The van der Waals surface area contributed by atoms with Gasteiger partial charge in [-0.1, -0.05) is 30.3 Å². The topological polar surface area (TPSA) is 63.7 Å².